The third-order valence-electron chi connectivity index (χ3n) is 8.11. The quantitative estimate of drug-likeness (QED) is 0.251. The molecule has 0 unspecified atom stereocenters. The molecule has 6 rings (SSSR count). The molecule has 1 N–H and O–H groups in total. The largest absolute Gasteiger partial charge is 0.325 e. The first-order chi connectivity index (χ1) is 19.4. The van der Waals surface area contributed by atoms with Crippen LogP contribution < -0.4 is 5.32 Å². The fourth-order valence-corrected chi connectivity index (χ4v) is 6.12. The normalized spacial score (nSPS) is 21.2. The lowest BCUT2D eigenvalue weighted by atomic mass is 10.0. The van der Waals surface area contributed by atoms with Crippen molar-refractivity contribution in [2.75, 3.05) is 5.32 Å². The number of anilines is 1. The number of hydrogen-bond acceptors (Lipinski definition) is 8. The first-order valence-corrected chi connectivity index (χ1v) is 14.2. The zero-order valence-corrected chi connectivity index (χ0v) is 25.0. The van der Waals surface area contributed by atoms with E-state index < -0.39 is 6.04 Å². The molecule has 0 bridgehead atoms. The number of aromatic nitrogens is 6. The molecule has 0 aromatic carbocycles. The fourth-order valence-electron chi connectivity index (χ4n) is 5.80. The number of halogens is 1. The zero-order valence-electron chi connectivity index (χ0n) is 23.4. The molecular formula is C29H29BrN8O3. The monoisotopic (exact) mass is 616 g/mol. The number of pyridine rings is 2. The number of carbonyl (C=O) groups is 3. The highest BCUT2D eigenvalue weighted by atomic mass is 79.9. The van der Waals surface area contributed by atoms with Gasteiger partial charge in [0.25, 0.3) is 0 Å². The van der Waals surface area contributed by atoms with Gasteiger partial charge in [-0.1, -0.05) is 13.0 Å². The van der Waals surface area contributed by atoms with Crippen LogP contribution in [0.4, 0.5) is 5.82 Å². The van der Waals surface area contributed by atoms with Gasteiger partial charge in [0.1, 0.15) is 34.5 Å². The Morgan fingerprint density at radius 1 is 1.10 bits per heavy atom. The van der Waals surface area contributed by atoms with Gasteiger partial charge in [0, 0.05) is 36.3 Å². The van der Waals surface area contributed by atoms with Crippen molar-refractivity contribution in [3.63, 3.8) is 0 Å². The van der Waals surface area contributed by atoms with Crippen molar-refractivity contribution in [2.24, 2.45) is 5.41 Å². The molecule has 11 nitrogen and oxygen atoms in total. The molecule has 41 heavy (non-hydrogen) atoms. The predicted octanol–water partition coefficient (Wildman–Crippen LogP) is 4.19. The van der Waals surface area contributed by atoms with Crippen LogP contribution in [0, 0.1) is 26.2 Å². The standard InChI is InChI=1S/C29H29BrN8O3/c1-14-6-7-23(34-27(14)30)35-28(41)21-9-29(5)10-22(29)38(21)24(40)13-37-26-15(2)33-20(18-11-31-17(4)32-12-18)8-19(26)25(36-37)16(3)39/h6-8,11-12,21-22H,9-10,13H2,1-5H3,(H,34,35,41)/t21-,22+,29-/m0/s1. The fraction of sp³-hybridized carbons (Fsp3) is 0.379. The summed E-state index contributed by atoms with van der Waals surface area (Å²) in [6.07, 6.45) is 4.79. The summed E-state index contributed by atoms with van der Waals surface area (Å²) >= 11 is 3.40. The number of fused-ring (bicyclic) bond motifs is 2. The summed E-state index contributed by atoms with van der Waals surface area (Å²) in [5, 5.41) is 8.04. The van der Waals surface area contributed by atoms with Gasteiger partial charge in [-0.05, 0) is 72.7 Å². The Bertz CT molecular complexity index is 1750. The first kappa shape index (κ1) is 27.1. The third-order valence-corrected chi connectivity index (χ3v) is 8.91. The Morgan fingerprint density at radius 3 is 2.51 bits per heavy atom. The number of hydrogen-bond donors (Lipinski definition) is 1. The minimum atomic E-state index is -0.630. The Kier molecular flexibility index (Phi) is 6.48. The van der Waals surface area contributed by atoms with E-state index in [0.717, 1.165) is 12.0 Å². The van der Waals surface area contributed by atoms with Gasteiger partial charge < -0.3 is 10.2 Å². The van der Waals surface area contributed by atoms with Gasteiger partial charge in [0.2, 0.25) is 11.8 Å². The smallest absolute Gasteiger partial charge is 0.248 e. The molecule has 4 aromatic rings. The minimum Gasteiger partial charge on any atom is -0.325 e. The molecule has 2 aliphatic rings. The van der Waals surface area contributed by atoms with Gasteiger partial charge in [0.05, 0.1) is 16.9 Å². The summed E-state index contributed by atoms with van der Waals surface area (Å²) in [5.41, 5.74) is 3.67. The molecule has 0 spiro atoms. The highest BCUT2D eigenvalue weighted by Crippen LogP contribution is 2.59. The van der Waals surface area contributed by atoms with E-state index >= 15 is 0 Å². The predicted molar refractivity (Wildman–Crippen MR) is 155 cm³/mol. The number of piperidine rings is 1. The number of amides is 2. The summed E-state index contributed by atoms with van der Waals surface area (Å²) in [6.45, 7) is 8.98. The van der Waals surface area contributed by atoms with Crippen LogP contribution in [0.1, 0.15) is 54.3 Å². The SMILES string of the molecule is CC(=O)c1nn(CC(=O)N2[C@H](C(=O)Nc3ccc(C)c(Br)n3)C[C@@]3(C)C[C@@H]23)c2c(C)nc(-c3cnc(C)nc3)cc12. The van der Waals surface area contributed by atoms with Crippen LogP contribution in [-0.2, 0) is 16.1 Å². The molecule has 0 radical (unpaired) electrons. The van der Waals surface area contributed by atoms with Gasteiger partial charge in [-0.2, -0.15) is 5.10 Å². The van der Waals surface area contributed by atoms with E-state index in [0.29, 0.717) is 50.5 Å². The second-order valence-corrected chi connectivity index (χ2v) is 12.0. The van der Waals surface area contributed by atoms with Crippen LogP contribution >= 0.6 is 15.9 Å². The van der Waals surface area contributed by atoms with Gasteiger partial charge in [-0.25, -0.2) is 15.0 Å². The van der Waals surface area contributed by atoms with Crippen molar-refractivity contribution in [1.82, 2.24) is 34.6 Å². The van der Waals surface area contributed by atoms with Gasteiger partial charge in [-0.3, -0.25) is 24.0 Å². The molecule has 1 aliphatic carbocycles. The van der Waals surface area contributed by atoms with Crippen LogP contribution in [0.3, 0.4) is 0 Å². The van der Waals surface area contributed by atoms with Crippen molar-refractivity contribution < 1.29 is 14.4 Å². The van der Waals surface area contributed by atoms with Crippen molar-refractivity contribution in [3.8, 4) is 11.3 Å². The maximum Gasteiger partial charge on any atom is 0.248 e. The number of ketones is 1. The van der Waals surface area contributed by atoms with Crippen LogP contribution in [0.5, 0.6) is 0 Å². The summed E-state index contributed by atoms with van der Waals surface area (Å²) in [6, 6.07) is 4.75. The summed E-state index contributed by atoms with van der Waals surface area (Å²) in [4.78, 5) is 59.2. The highest BCUT2D eigenvalue weighted by molar-refractivity contribution is 9.10. The first-order valence-electron chi connectivity index (χ1n) is 13.4. The molecule has 4 aromatic heterocycles. The molecular weight excluding hydrogens is 588 g/mol. The van der Waals surface area contributed by atoms with E-state index in [9.17, 15) is 14.4 Å². The minimum absolute atomic E-state index is 0.0232. The van der Waals surface area contributed by atoms with Crippen LogP contribution in [-0.4, -0.2) is 64.3 Å². The van der Waals surface area contributed by atoms with E-state index in [4.69, 9.17) is 4.98 Å². The number of carbonyl (C=O) groups excluding carboxylic acids is 3. The second-order valence-electron chi connectivity index (χ2n) is 11.3. The van der Waals surface area contributed by atoms with E-state index in [1.54, 1.807) is 36.4 Å². The summed E-state index contributed by atoms with van der Waals surface area (Å²) in [7, 11) is 0. The van der Waals surface area contributed by atoms with Crippen molar-refractivity contribution >= 4 is 50.2 Å². The Labute approximate surface area is 244 Å². The maximum atomic E-state index is 13.9. The molecule has 2 fully saturated rings. The number of aryl methyl sites for hydroxylation is 3. The molecule has 1 saturated heterocycles. The molecule has 210 valence electrons. The zero-order chi connectivity index (χ0) is 29.2. The molecule has 3 atom stereocenters. The van der Waals surface area contributed by atoms with E-state index in [2.05, 4.69) is 48.2 Å². The molecule has 1 saturated carbocycles. The van der Waals surface area contributed by atoms with Crippen molar-refractivity contribution in [1.29, 1.82) is 0 Å². The Balaban J connectivity index is 1.31. The van der Waals surface area contributed by atoms with E-state index in [1.165, 1.54) is 11.6 Å². The van der Waals surface area contributed by atoms with Crippen molar-refractivity contribution in [3.05, 3.63) is 58.0 Å². The van der Waals surface area contributed by atoms with E-state index in [-0.39, 0.29) is 41.3 Å². The lowest BCUT2D eigenvalue weighted by Crippen LogP contribution is -2.46. The van der Waals surface area contributed by atoms with Crippen LogP contribution in [0.15, 0.2) is 35.2 Å². The lowest BCUT2D eigenvalue weighted by molar-refractivity contribution is -0.138. The Hall–Kier alpha value is -4.06. The molecule has 2 amide bonds. The van der Waals surface area contributed by atoms with Gasteiger partial charge in [-0.15, -0.1) is 0 Å². The molecule has 5 heterocycles. The third kappa shape index (κ3) is 4.79. The second kappa shape index (κ2) is 9.79. The van der Waals surface area contributed by atoms with E-state index in [1.807, 2.05) is 19.9 Å². The van der Waals surface area contributed by atoms with Crippen LogP contribution in [0.2, 0.25) is 0 Å². The van der Waals surface area contributed by atoms with Crippen LogP contribution in [0.25, 0.3) is 22.2 Å². The average Bonchev–Trinajstić information content (AvgIpc) is 3.27. The number of rotatable bonds is 6. The van der Waals surface area contributed by atoms with Gasteiger partial charge >= 0.3 is 0 Å². The lowest BCUT2D eigenvalue weighted by Gasteiger charge is -2.27. The molecule has 12 heteroatoms. The summed E-state index contributed by atoms with van der Waals surface area (Å²) in [5.74, 6) is 0.344. The maximum absolute atomic E-state index is 13.9. The number of nitrogens with one attached hydrogen (secondary N) is 1. The average molecular weight is 618 g/mol. The molecule has 1 aliphatic heterocycles. The number of likely N-dealkylation sites (tertiary alicyclic amines) is 1. The number of nitrogens with zero attached hydrogens (tertiary/aromatic N) is 7. The highest BCUT2D eigenvalue weighted by Gasteiger charge is 2.64. The van der Waals surface area contributed by atoms with Gasteiger partial charge in [0.15, 0.2) is 5.78 Å². The topological polar surface area (TPSA) is 136 Å². The number of Topliss-reactive ketones (excluding diaryl/α,β-unsaturated/α-hetero) is 1. The van der Waals surface area contributed by atoms with Crippen molar-refractivity contribution in [2.45, 2.75) is 66.1 Å². The Morgan fingerprint density at radius 2 is 1.83 bits per heavy atom. The summed E-state index contributed by atoms with van der Waals surface area (Å²) < 4.78 is 2.19.